The van der Waals surface area contributed by atoms with Crippen LogP contribution >= 0.6 is 0 Å². The van der Waals surface area contributed by atoms with Crippen LogP contribution in [0.15, 0.2) is 36.9 Å². The van der Waals surface area contributed by atoms with Crippen LogP contribution in [-0.2, 0) is 30.7 Å². The standard InChI is InChI=1S/C22H27FN4O2/c1-2-8-27-20-7-6-18(24-15-16-4-3-5-17(23)13-16)14-19(20)21(25-27)22(28)26-9-11-29-12-10-26/h2-5,13,18,24H,1,6-12,14-15H2/t18-/m1/s1. The van der Waals surface area contributed by atoms with Crippen molar-refractivity contribution in [1.82, 2.24) is 20.0 Å². The zero-order chi connectivity index (χ0) is 20.2. The van der Waals surface area contributed by atoms with E-state index in [4.69, 9.17) is 4.74 Å². The highest BCUT2D eigenvalue weighted by atomic mass is 19.1. The second-order valence-corrected chi connectivity index (χ2v) is 7.60. The monoisotopic (exact) mass is 398 g/mol. The van der Waals surface area contributed by atoms with Crippen molar-refractivity contribution in [3.8, 4) is 0 Å². The highest BCUT2D eigenvalue weighted by Crippen LogP contribution is 2.26. The van der Waals surface area contributed by atoms with Gasteiger partial charge in [-0.2, -0.15) is 5.10 Å². The van der Waals surface area contributed by atoms with Gasteiger partial charge in [0.1, 0.15) is 5.82 Å². The Hall–Kier alpha value is -2.51. The van der Waals surface area contributed by atoms with Crippen molar-refractivity contribution in [2.45, 2.75) is 38.4 Å². The van der Waals surface area contributed by atoms with Gasteiger partial charge in [-0.15, -0.1) is 6.58 Å². The Morgan fingerprint density at radius 1 is 1.38 bits per heavy atom. The predicted molar refractivity (Wildman–Crippen MR) is 108 cm³/mol. The molecule has 1 saturated heterocycles. The number of nitrogens with zero attached hydrogens (tertiary/aromatic N) is 3. The Balaban J connectivity index is 1.52. The van der Waals surface area contributed by atoms with Gasteiger partial charge >= 0.3 is 0 Å². The predicted octanol–water partition coefficient (Wildman–Crippen LogP) is 2.33. The number of carbonyl (C=O) groups is 1. The first-order valence-electron chi connectivity index (χ1n) is 10.2. The molecule has 7 heteroatoms. The first-order valence-corrected chi connectivity index (χ1v) is 10.2. The number of benzene rings is 1. The molecule has 1 fully saturated rings. The second kappa shape index (κ2) is 8.88. The van der Waals surface area contributed by atoms with E-state index in [2.05, 4.69) is 17.0 Å². The molecule has 2 aliphatic rings. The third-order valence-corrected chi connectivity index (χ3v) is 5.63. The quantitative estimate of drug-likeness (QED) is 0.759. The molecule has 1 amide bonds. The molecule has 1 aromatic carbocycles. The van der Waals surface area contributed by atoms with Gasteiger partial charge in [-0.1, -0.05) is 18.2 Å². The molecule has 6 nitrogen and oxygen atoms in total. The number of morpholine rings is 1. The van der Waals surface area contributed by atoms with E-state index in [1.54, 1.807) is 12.1 Å². The largest absolute Gasteiger partial charge is 0.378 e. The van der Waals surface area contributed by atoms with Crippen LogP contribution in [0.3, 0.4) is 0 Å². The number of allylic oxidation sites excluding steroid dienone is 1. The van der Waals surface area contributed by atoms with E-state index in [9.17, 15) is 9.18 Å². The number of halogens is 1. The van der Waals surface area contributed by atoms with Gasteiger partial charge in [0.2, 0.25) is 0 Å². The van der Waals surface area contributed by atoms with Crippen LogP contribution in [0.4, 0.5) is 4.39 Å². The fourth-order valence-electron chi connectivity index (χ4n) is 4.13. The lowest BCUT2D eigenvalue weighted by atomic mass is 9.90. The van der Waals surface area contributed by atoms with Crippen molar-refractivity contribution in [1.29, 1.82) is 0 Å². The van der Waals surface area contributed by atoms with E-state index in [1.807, 2.05) is 21.7 Å². The van der Waals surface area contributed by atoms with Gasteiger partial charge in [0, 0.05) is 36.9 Å². The van der Waals surface area contributed by atoms with Gasteiger partial charge in [0.25, 0.3) is 5.91 Å². The molecule has 2 aromatic rings. The average molecular weight is 398 g/mol. The van der Waals surface area contributed by atoms with E-state index in [-0.39, 0.29) is 17.8 Å². The van der Waals surface area contributed by atoms with Crippen molar-refractivity contribution in [3.05, 3.63) is 65.3 Å². The van der Waals surface area contributed by atoms with E-state index in [0.29, 0.717) is 45.1 Å². The highest BCUT2D eigenvalue weighted by molar-refractivity contribution is 5.94. The number of hydrogen-bond donors (Lipinski definition) is 1. The summed E-state index contributed by atoms with van der Waals surface area (Å²) >= 11 is 0. The number of rotatable bonds is 6. The molecule has 0 saturated carbocycles. The second-order valence-electron chi connectivity index (χ2n) is 7.60. The number of carbonyl (C=O) groups excluding carboxylic acids is 1. The summed E-state index contributed by atoms with van der Waals surface area (Å²) < 4.78 is 20.7. The van der Waals surface area contributed by atoms with Crippen LogP contribution in [0.1, 0.15) is 33.7 Å². The molecular weight excluding hydrogens is 371 g/mol. The topological polar surface area (TPSA) is 59.4 Å². The lowest BCUT2D eigenvalue weighted by molar-refractivity contribution is 0.0297. The third-order valence-electron chi connectivity index (χ3n) is 5.63. The maximum absolute atomic E-state index is 13.4. The number of nitrogens with one attached hydrogen (secondary N) is 1. The molecule has 1 aliphatic heterocycles. The summed E-state index contributed by atoms with van der Waals surface area (Å²) in [6.45, 7) is 7.36. The van der Waals surface area contributed by atoms with Crippen molar-refractivity contribution in [2.75, 3.05) is 26.3 Å². The lowest BCUT2D eigenvalue weighted by Crippen LogP contribution is -2.41. The molecule has 1 aromatic heterocycles. The molecular formula is C22H27FN4O2. The smallest absolute Gasteiger partial charge is 0.274 e. The minimum Gasteiger partial charge on any atom is -0.378 e. The lowest BCUT2D eigenvalue weighted by Gasteiger charge is -2.28. The van der Waals surface area contributed by atoms with Crippen LogP contribution < -0.4 is 5.32 Å². The maximum atomic E-state index is 13.4. The molecule has 29 heavy (non-hydrogen) atoms. The number of aromatic nitrogens is 2. The zero-order valence-electron chi connectivity index (χ0n) is 16.6. The number of fused-ring (bicyclic) bond motifs is 1. The summed E-state index contributed by atoms with van der Waals surface area (Å²) in [5.41, 5.74) is 3.64. The van der Waals surface area contributed by atoms with Gasteiger partial charge < -0.3 is 15.0 Å². The molecule has 1 aliphatic carbocycles. The molecule has 0 radical (unpaired) electrons. The maximum Gasteiger partial charge on any atom is 0.274 e. The Morgan fingerprint density at radius 3 is 2.97 bits per heavy atom. The molecule has 0 spiro atoms. The average Bonchev–Trinajstić information content (AvgIpc) is 3.10. The fourth-order valence-corrected chi connectivity index (χ4v) is 4.13. The van der Waals surface area contributed by atoms with Gasteiger partial charge in [-0.25, -0.2) is 4.39 Å². The van der Waals surface area contributed by atoms with Crippen LogP contribution in [0.2, 0.25) is 0 Å². The molecule has 1 N–H and O–H groups in total. The summed E-state index contributed by atoms with van der Waals surface area (Å²) in [7, 11) is 0. The first kappa shape index (κ1) is 19.8. The normalized spacial score (nSPS) is 19.1. The minimum absolute atomic E-state index is 0.0156. The number of ether oxygens (including phenoxy) is 1. The molecule has 154 valence electrons. The van der Waals surface area contributed by atoms with Gasteiger partial charge in [0.05, 0.1) is 19.8 Å². The van der Waals surface area contributed by atoms with Gasteiger partial charge in [-0.05, 0) is 37.0 Å². The number of amides is 1. The number of hydrogen-bond acceptors (Lipinski definition) is 4. The molecule has 2 heterocycles. The summed E-state index contributed by atoms with van der Waals surface area (Å²) in [5.74, 6) is -0.238. The summed E-state index contributed by atoms with van der Waals surface area (Å²) in [6, 6.07) is 6.87. The molecule has 1 atom stereocenters. The molecule has 0 unspecified atom stereocenters. The molecule has 0 bridgehead atoms. The zero-order valence-corrected chi connectivity index (χ0v) is 16.6. The SMILES string of the molecule is C=CCn1nc(C(=O)N2CCOCC2)c2c1CC[C@@H](NCc1cccc(F)c1)C2. The Kier molecular flexibility index (Phi) is 6.06. The fraction of sp³-hybridized carbons (Fsp3) is 0.455. The summed E-state index contributed by atoms with van der Waals surface area (Å²) in [6.07, 6.45) is 4.36. The highest BCUT2D eigenvalue weighted by Gasteiger charge is 2.31. The van der Waals surface area contributed by atoms with Gasteiger partial charge in [-0.3, -0.25) is 9.48 Å². The van der Waals surface area contributed by atoms with E-state index < -0.39 is 0 Å². The van der Waals surface area contributed by atoms with Crippen LogP contribution in [0.5, 0.6) is 0 Å². The van der Waals surface area contributed by atoms with Crippen LogP contribution in [0.25, 0.3) is 0 Å². The van der Waals surface area contributed by atoms with E-state index >= 15 is 0 Å². The van der Waals surface area contributed by atoms with Crippen molar-refractivity contribution in [2.24, 2.45) is 0 Å². The Labute approximate surface area is 170 Å². The summed E-state index contributed by atoms with van der Waals surface area (Å²) in [5, 5.41) is 8.18. The minimum atomic E-state index is -0.223. The Bertz CT molecular complexity index is 889. The Morgan fingerprint density at radius 2 is 2.21 bits per heavy atom. The first-order chi connectivity index (χ1) is 14.2. The third kappa shape index (κ3) is 4.41. The summed E-state index contributed by atoms with van der Waals surface area (Å²) in [4.78, 5) is 14.9. The van der Waals surface area contributed by atoms with E-state index in [0.717, 1.165) is 36.1 Å². The van der Waals surface area contributed by atoms with E-state index in [1.165, 1.54) is 6.07 Å². The van der Waals surface area contributed by atoms with Crippen LogP contribution in [0, 0.1) is 5.82 Å². The van der Waals surface area contributed by atoms with Crippen molar-refractivity contribution < 1.29 is 13.9 Å². The van der Waals surface area contributed by atoms with Crippen molar-refractivity contribution >= 4 is 5.91 Å². The van der Waals surface area contributed by atoms with Gasteiger partial charge in [0.15, 0.2) is 5.69 Å². The molecule has 4 rings (SSSR count). The van der Waals surface area contributed by atoms with Crippen molar-refractivity contribution in [3.63, 3.8) is 0 Å². The van der Waals surface area contributed by atoms with Crippen LogP contribution in [-0.4, -0.2) is 52.9 Å².